The van der Waals surface area contributed by atoms with E-state index in [0.29, 0.717) is 0 Å². The van der Waals surface area contributed by atoms with Gasteiger partial charge in [0.25, 0.3) is 5.91 Å². The molecule has 1 saturated heterocycles. The fraction of sp³-hybridized carbons (Fsp3) is 0.387. The van der Waals surface area contributed by atoms with Gasteiger partial charge in [0.2, 0.25) is 5.91 Å². The summed E-state index contributed by atoms with van der Waals surface area (Å²) >= 11 is 3.52. The lowest BCUT2D eigenvalue weighted by molar-refractivity contribution is -0.161. The molecule has 1 aromatic heterocycles. The molecule has 0 saturated carbocycles. The quantitative estimate of drug-likeness (QED) is 0.292. The summed E-state index contributed by atoms with van der Waals surface area (Å²) in [5, 5.41) is 7.06. The Labute approximate surface area is 247 Å². The number of ether oxygens (including phenoxy) is 3. The number of fused-ring (bicyclic) bond motifs is 2. The molecule has 10 heteroatoms. The van der Waals surface area contributed by atoms with Crippen molar-refractivity contribution in [2.75, 3.05) is 6.61 Å². The molecular weight excluding hydrogens is 590 g/mol. The zero-order chi connectivity index (χ0) is 29.1. The van der Waals surface area contributed by atoms with Crippen LogP contribution in [0, 0.1) is 5.92 Å². The van der Waals surface area contributed by atoms with E-state index in [0.717, 1.165) is 26.5 Å². The molecule has 41 heavy (non-hydrogen) atoms. The van der Waals surface area contributed by atoms with Gasteiger partial charge >= 0.3 is 5.97 Å². The number of H-pyrrole nitrogens is 1. The van der Waals surface area contributed by atoms with Crippen LogP contribution in [0.1, 0.15) is 44.4 Å². The summed E-state index contributed by atoms with van der Waals surface area (Å²) in [5.74, 6) is -2.55. The van der Waals surface area contributed by atoms with Gasteiger partial charge in [-0.15, -0.1) is 0 Å². The van der Waals surface area contributed by atoms with Crippen LogP contribution in [-0.4, -0.2) is 53.4 Å². The molecule has 0 radical (unpaired) electrons. The molecule has 2 aliphatic heterocycles. The highest BCUT2D eigenvalue weighted by Gasteiger charge is 2.46. The number of hydrogen-bond acceptors (Lipinski definition) is 6. The van der Waals surface area contributed by atoms with Crippen molar-refractivity contribution in [2.45, 2.75) is 63.7 Å². The van der Waals surface area contributed by atoms with Gasteiger partial charge in [0.1, 0.15) is 18.8 Å². The number of aromatic amines is 1. The van der Waals surface area contributed by atoms with Gasteiger partial charge in [-0.05, 0) is 49.1 Å². The summed E-state index contributed by atoms with van der Waals surface area (Å²) in [7, 11) is 0. The monoisotopic (exact) mass is 623 g/mol. The summed E-state index contributed by atoms with van der Waals surface area (Å²) in [5.41, 5.74) is 2.71. The number of carbonyl (C=O) groups excluding carboxylic acids is 3. The van der Waals surface area contributed by atoms with Crippen molar-refractivity contribution >= 4 is 44.6 Å². The van der Waals surface area contributed by atoms with Crippen molar-refractivity contribution in [3.8, 4) is 0 Å². The Morgan fingerprint density at radius 3 is 2.61 bits per heavy atom. The van der Waals surface area contributed by atoms with Crippen molar-refractivity contribution in [1.82, 2.24) is 15.6 Å². The van der Waals surface area contributed by atoms with E-state index in [1.807, 2.05) is 67.7 Å². The zero-order valence-electron chi connectivity index (χ0n) is 23.2. The molecule has 5 rings (SSSR count). The molecule has 216 valence electrons. The maximum atomic E-state index is 14.0. The lowest BCUT2D eigenvalue weighted by Crippen LogP contribution is -2.53. The summed E-state index contributed by atoms with van der Waals surface area (Å²) < 4.78 is 18.1. The van der Waals surface area contributed by atoms with Crippen LogP contribution in [-0.2, 0) is 35.0 Å². The number of rotatable bonds is 3. The van der Waals surface area contributed by atoms with Crippen LogP contribution >= 0.6 is 15.9 Å². The predicted molar refractivity (Wildman–Crippen MR) is 157 cm³/mol. The van der Waals surface area contributed by atoms with Gasteiger partial charge in [-0.2, -0.15) is 0 Å². The Balaban J connectivity index is 1.51. The number of carbonyl (C=O) groups is 3. The molecule has 0 unspecified atom stereocenters. The Morgan fingerprint density at radius 2 is 1.80 bits per heavy atom. The van der Waals surface area contributed by atoms with E-state index in [-0.39, 0.29) is 31.3 Å². The predicted octanol–water partition coefficient (Wildman–Crippen LogP) is 4.47. The Kier molecular flexibility index (Phi) is 8.63. The second-order valence-electron chi connectivity index (χ2n) is 10.9. The summed E-state index contributed by atoms with van der Waals surface area (Å²) in [6, 6.07) is 14.1. The summed E-state index contributed by atoms with van der Waals surface area (Å²) in [6.07, 6.45) is 3.88. The average molecular weight is 625 g/mol. The number of hydrogen-bond donors (Lipinski definition) is 3. The molecular formula is C31H34BrN3O6. The van der Waals surface area contributed by atoms with E-state index in [2.05, 4.69) is 31.5 Å². The van der Waals surface area contributed by atoms with E-state index in [4.69, 9.17) is 14.2 Å². The fourth-order valence-corrected chi connectivity index (χ4v) is 5.78. The number of benzene rings is 2. The second kappa shape index (κ2) is 12.2. The van der Waals surface area contributed by atoms with Crippen molar-refractivity contribution in [2.24, 2.45) is 5.92 Å². The minimum atomic E-state index is -1.07. The number of aromatic nitrogens is 1. The maximum absolute atomic E-state index is 14.0. The standard InChI is InChI=1S/C31H34BrN3O6/c1-18-8-6-13-26(36)39-17-25-28(41-31(2,3)40-25)30(38)34-24(15-20-16-33-23-12-5-4-11-22(20)23)29(37)35-27(18)19-9-7-10-21(32)14-19/h4-12,14,16,18,24-25,27-28,33H,13,15,17H2,1-3H3,(H,34,38)(H,35,37)/b8-6+/t18-,24+,25-,27+,28-/m1/s1. The highest BCUT2D eigenvalue weighted by atomic mass is 79.9. The van der Waals surface area contributed by atoms with Gasteiger partial charge in [0.15, 0.2) is 11.9 Å². The van der Waals surface area contributed by atoms with Gasteiger partial charge in [-0.3, -0.25) is 14.4 Å². The molecule has 0 spiro atoms. The number of amides is 2. The topological polar surface area (TPSA) is 119 Å². The van der Waals surface area contributed by atoms with Crippen molar-refractivity contribution in [1.29, 1.82) is 0 Å². The summed E-state index contributed by atoms with van der Waals surface area (Å²) in [4.78, 5) is 43.4. The van der Waals surface area contributed by atoms with Gasteiger partial charge in [-0.1, -0.05) is 65.3 Å². The van der Waals surface area contributed by atoms with Gasteiger partial charge < -0.3 is 29.8 Å². The molecule has 3 aromatic rings. The van der Waals surface area contributed by atoms with Crippen LogP contribution in [0.5, 0.6) is 0 Å². The smallest absolute Gasteiger partial charge is 0.309 e. The van der Waals surface area contributed by atoms with Crippen LogP contribution in [0.4, 0.5) is 0 Å². The molecule has 2 aliphatic rings. The molecule has 5 atom stereocenters. The van der Waals surface area contributed by atoms with E-state index in [1.54, 1.807) is 19.9 Å². The number of nitrogens with one attached hydrogen (secondary N) is 3. The molecule has 1 fully saturated rings. The van der Waals surface area contributed by atoms with Gasteiger partial charge in [-0.25, -0.2) is 0 Å². The normalized spacial score (nSPS) is 28.1. The third-order valence-corrected chi connectivity index (χ3v) is 7.83. The first kappa shape index (κ1) is 29.0. The fourth-order valence-electron chi connectivity index (χ4n) is 5.36. The number of halogens is 1. The first-order chi connectivity index (χ1) is 19.6. The highest BCUT2D eigenvalue weighted by molar-refractivity contribution is 9.10. The van der Waals surface area contributed by atoms with E-state index in [9.17, 15) is 14.4 Å². The van der Waals surface area contributed by atoms with Crippen LogP contribution in [0.15, 0.2) is 71.4 Å². The van der Waals surface area contributed by atoms with Crippen LogP contribution in [0.3, 0.4) is 0 Å². The van der Waals surface area contributed by atoms with Crippen molar-refractivity contribution < 1.29 is 28.6 Å². The molecule has 0 aliphatic carbocycles. The van der Waals surface area contributed by atoms with Crippen LogP contribution in [0.25, 0.3) is 10.9 Å². The van der Waals surface area contributed by atoms with Crippen LogP contribution < -0.4 is 10.6 Å². The van der Waals surface area contributed by atoms with E-state index in [1.165, 1.54) is 0 Å². The number of cyclic esters (lactones) is 1. The largest absolute Gasteiger partial charge is 0.463 e. The summed E-state index contributed by atoms with van der Waals surface area (Å²) in [6.45, 7) is 5.20. The molecule has 0 bridgehead atoms. The van der Waals surface area contributed by atoms with Crippen LogP contribution in [0.2, 0.25) is 0 Å². The second-order valence-corrected chi connectivity index (χ2v) is 11.9. The first-order valence-electron chi connectivity index (χ1n) is 13.7. The Hall–Kier alpha value is -3.47. The van der Waals surface area contributed by atoms with E-state index < -0.39 is 42.0 Å². The van der Waals surface area contributed by atoms with Crippen molar-refractivity contribution in [3.05, 3.63) is 82.5 Å². The first-order valence-corrected chi connectivity index (χ1v) is 14.5. The average Bonchev–Trinajstić information content (AvgIpc) is 3.49. The Morgan fingerprint density at radius 1 is 1.00 bits per heavy atom. The third-order valence-electron chi connectivity index (χ3n) is 7.34. The molecule has 2 aromatic carbocycles. The van der Waals surface area contributed by atoms with E-state index >= 15 is 0 Å². The molecule has 2 amide bonds. The lowest BCUT2D eigenvalue weighted by Gasteiger charge is -2.28. The molecule has 3 N–H and O–H groups in total. The SMILES string of the molecule is C[C@@H]1/C=C/CC(=O)OC[C@H]2OC(C)(C)O[C@H]2C(=O)N[C@@H](Cc2c[nH]c3ccccc23)C(=O)N[C@@H]1c1cccc(Br)c1. The minimum Gasteiger partial charge on any atom is -0.463 e. The highest BCUT2D eigenvalue weighted by Crippen LogP contribution is 2.30. The zero-order valence-corrected chi connectivity index (χ0v) is 24.8. The third kappa shape index (κ3) is 6.89. The Bertz CT molecular complexity index is 1470. The molecule has 3 heterocycles. The number of esters is 1. The minimum absolute atomic E-state index is 0.0422. The lowest BCUT2D eigenvalue weighted by atomic mass is 9.93. The molecule has 9 nitrogen and oxygen atoms in total. The van der Waals surface area contributed by atoms with Crippen molar-refractivity contribution in [3.63, 3.8) is 0 Å². The maximum Gasteiger partial charge on any atom is 0.309 e. The van der Waals surface area contributed by atoms with Gasteiger partial charge in [0, 0.05) is 28.0 Å². The van der Waals surface area contributed by atoms with Gasteiger partial charge in [0.05, 0.1) is 12.5 Å². The number of para-hydroxylation sites is 1.